The van der Waals surface area contributed by atoms with Crippen LogP contribution in [-0.4, -0.2) is 43.8 Å². The standard InChI is InChI=1S/C10H20N2O/c11-10-3-4-12(7-10)6-9-2-1-5-13-8-9/h9-10H,1-8,11H2. The topological polar surface area (TPSA) is 38.5 Å². The van der Waals surface area contributed by atoms with Crippen LogP contribution in [0.3, 0.4) is 0 Å². The van der Waals surface area contributed by atoms with Gasteiger partial charge in [0.1, 0.15) is 0 Å². The van der Waals surface area contributed by atoms with Crippen LogP contribution in [0.5, 0.6) is 0 Å². The lowest BCUT2D eigenvalue weighted by molar-refractivity contribution is 0.0416. The predicted octanol–water partition coefficient (Wildman–Crippen LogP) is 0.446. The summed E-state index contributed by atoms with van der Waals surface area (Å²) in [6.45, 7) is 5.42. The number of rotatable bonds is 2. The van der Waals surface area contributed by atoms with E-state index in [2.05, 4.69) is 4.90 Å². The van der Waals surface area contributed by atoms with E-state index >= 15 is 0 Å². The van der Waals surface area contributed by atoms with E-state index in [9.17, 15) is 0 Å². The van der Waals surface area contributed by atoms with E-state index in [0.29, 0.717) is 6.04 Å². The Morgan fingerprint density at radius 2 is 2.31 bits per heavy atom. The lowest BCUT2D eigenvalue weighted by Gasteiger charge is -2.26. The first-order chi connectivity index (χ1) is 6.34. The smallest absolute Gasteiger partial charge is 0.0506 e. The Bertz CT molecular complexity index is 154. The van der Waals surface area contributed by atoms with Gasteiger partial charge in [-0.15, -0.1) is 0 Å². The summed E-state index contributed by atoms with van der Waals surface area (Å²) in [6, 6.07) is 0.421. The molecule has 2 heterocycles. The van der Waals surface area contributed by atoms with E-state index in [-0.39, 0.29) is 0 Å². The van der Waals surface area contributed by atoms with Crippen LogP contribution in [0.25, 0.3) is 0 Å². The Morgan fingerprint density at radius 1 is 1.38 bits per heavy atom. The molecule has 2 N–H and O–H groups in total. The summed E-state index contributed by atoms with van der Waals surface area (Å²) >= 11 is 0. The molecule has 2 aliphatic heterocycles. The van der Waals surface area contributed by atoms with Gasteiger partial charge in [0.25, 0.3) is 0 Å². The maximum absolute atomic E-state index is 5.86. The fraction of sp³-hybridized carbons (Fsp3) is 1.00. The maximum Gasteiger partial charge on any atom is 0.0506 e. The lowest BCUT2D eigenvalue weighted by Crippen LogP contribution is -2.33. The van der Waals surface area contributed by atoms with Crippen molar-refractivity contribution in [2.45, 2.75) is 25.3 Å². The zero-order chi connectivity index (χ0) is 9.10. The first-order valence-corrected chi connectivity index (χ1v) is 5.40. The number of ether oxygens (including phenoxy) is 1. The fourth-order valence-corrected chi connectivity index (χ4v) is 2.34. The second-order valence-corrected chi connectivity index (χ2v) is 4.39. The maximum atomic E-state index is 5.86. The van der Waals surface area contributed by atoms with Crippen LogP contribution in [0.15, 0.2) is 0 Å². The molecule has 2 aliphatic rings. The van der Waals surface area contributed by atoms with Crippen molar-refractivity contribution in [3.63, 3.8) is 0 Å². The molecular formula is C10H20N2O. The summed E-state index contributed by atoms with van der Waals surface area (Å²) in [6.07, 6.45) is 3.75. The van der Waals surface area contributed by atoms with Gasteiger partial charge in [-0.1, -0.05) is 0 Å². The molecular weight excluding hydrogens is 164 g/mol. The van der Waals surface area contributed by atoms with Crippen molar-refractivity contribution in [3.8, 4) is 0 Å². The zero-order valence-electron chi connectivity index (χ0n) is 8.24. The fourth-order valence-electron chi connectivity index (χ4n) is 2.34. The van der Waals surface area contributed by atoms with Crippen molar-refractivity contribution < 1.29 is 4.74 Å². The molecule has 0 bridgehead atoms. The van der Waals surface area contributed by atoms with Gasteiger partial charge in [-0.2, -0.15) is 0 Å². The van der Waals surface area contributed by atoms with Crippen LogP contribution >= 0.6 is 0 Å². The number of hydrogen-bond donors (Lipinski definition) is 1. The summed E-state index contributed by atoms with van der Waals surface area (Å²) in [5, 5.41) is 0. The summed E-state index contributed by atoms with van der Waals surface area (Å²) in [7, 11) is 0. The highest BCUT2D eigenvalue weighted by Gasteiger charge is 2.23. The molecule has 2 unspecified atom stereocenters. The quantitative estimate of drug-likeness (QED) is 0.677. The van der Waals surface area contributed by atoms with Crippen LogP contribution in [-0.2, 0) is 4.74 Å². The molecule has 2 fully saturated rings. The van der Waals surface area contributed by atoms with Crippen molar-refractivity contribution in [2.24, 2.45) is 11.7 Å². The zero-order valence-corrected chi connectivity index (χ0v) is 8.24. The minimum atomic E-state index is 0.421. The molecule has 0 aromatic rings. The molecule has 0 radical (unpaired) electrons. The third kappa shape index (κ3) is 2.66. The van der Waals surface area contributed by atoms with Crippen LogP contribution < -0.4 is 5.73 Å². The normalized spacial score (nSPS) is 36.7. The number of hydrogen-bond acceptors (Lipinski definition) is 3. The Morgan fingerprint density at radius 3 is 2.92 bits per heavy atom. The van der Waals surface area contributed by atoms with Crippen molar-refractivity contribution in [1.29, 1.82) is 0 Å². The Hall–Kier alpha value is -0.120. The number of nitrogens with two attached hydrogens (primary N) is 1. The second-order valence-electron chi connectivity index (χ2n) is 4.39. The van der Waals surface area contributed by atoms with Gasteiger partial charge in [0.2, 0.25) is 0 Å². The molecule has 0 aliphatic carbocycles. The molecule has 13 heavy (non-hydrogen) atoms. The average Bonchev–Trinajstić information content (AvgIpc) is 2.53. The molecule has 2 saturated heterocycles. The highest BCUT2D eigenvalue weighted by atomic mass is 16.5. The third-order valence-corrected chi connectivity index (χ3v) is 3.08. The number of nitrogens with zero attached hydrogens (tertiary/aromatic N) is 1. The second kappa shape index (κ2) is 4.40. The summed E-state index contributed by atoms with van der Waals surface area (Å²) in [5.74, 6) is 0.763. The molecule has 2 atom stereocenters. The summed E-state index contributed by atoms with van der Waals surface area (Å²) in [4.78, 5) is 2.49. The van der Waals surface area contributed by atoms with E-state index in [1.54, 1.807) is 0 Å². The SMILES string of the molecule is NC1CCN(CC2CCCOC2)C1. The van der Waals surface area contributed by atoms with Crippen molar-refractivity contribution in [3.05, 3.63) is 0 Å². The van der Waals surface area contributed by atoms with Gasteiger partial charge in [-0.25, -0.2) is 0 Å². The van der Waals surface area contributed by atoms with E-state index < -0.39 is 0 Å². The summed E-state index contributed by atoms with van der Waals surface area (Å²) in [5.41, 5.74) is 5.86. The molecule has 0 amide bonds. The van der Waals surface area contributed by atoms with Crippen LogP contribution in [0.1, 0.15) is 19.3 Å². The van der Waals surface area contributed by atoms with Gasteiger partial charge in [0.05, 0.1) is 6.61 Å². The van der Waals surface area contributed by atoms with Gasteiger partial charge in [-0.3, -0.25) is 0 Å². The van der Waals surface area contributed by atoms with Crippen LogP contribution in [0, 0.1) is 5.92 Å². The van der Waals surface area contributed by atoms with E-state index in [4.69, 9.17) is 10.5 Å². The third-order valence-electron chi connectivity index (χ3n) is 3.08. The monoisotopic (exact) mass is 184 g/mol. The first kappa shape index (κ1) is 9.44. The minimum Gasteiger partial charge on any atom is -0.381 e. The molecule has 0 saturated carbocycles. The Kier molecular flexibility index (Phi) is 3.19. The molecule has 0 aromatic heterocycles. The summed E-state index contributed by atoms with van der Waals surface area (Å²) < 4.78 is 5.46. The molecule has 3 heteroatoms. The van der Waals surface area contributed by atoms with E-state index in [1.165, 1.54) is 32.4 Å². The Labute approximate surface area is 80.2 Å². The van der Waals surface area contributed by atoms with Crippen molar-refractivity contribution in [2.75, 3.05) is 32.8 Å². The predicted molar refractivity (Wildman–Crippen MR) is 52.6 cm³/mol. The molecule has 0 aromatic carbocycles. The average molecular weight is 184 g/mol. The molecule has 3 nitrogen and oxygen atoms in total. The van der Waals surface area contributed by atoms with Gasteiger partial charge < -0.3 is 15.4 Å². The molecule has 2 rings (SSSR count). The van der Waals surface area contributed by atoms with Crippen LogP contribution in [0.2, 0.25) is 0 Å². The van der Waals surface area contributed by atoms with Gasteiger partial charge >= 0.3 is 0 Å². The van der Waals surface area contributed by atoms with E-state index in [0.717, 1.165) is 25.7 Å². The first-order valence-electron chi connectivity index (χ1n) is 5.40. The van der Waals surface area contributed by atoms with Gasteiger partial charge in [-0.05, 0) is 31.7 Å². The largest absolute Gasteiger partial charge is 0.381 e. The van der Waals surface area contributed by atoms with Crippen LogP contribution in [0.4, 0.5) is 0 Å². The Balaban J connectivity index is 1.71. The molecule has 0 spiro atoms. The highest BCUT2D eigenvalue weighted by molar-refractivity contribution is 4.80. The van der Waals surface area contributed by atoms with Crippen molar-refractivity contribution in [1.82, 2.24) is 4.90 Å². The number of likely N-dealkylation sites (tertiary alicyclic amines) is 1. The highest BCUT2D eigenvalue weighted by Crippen LogP contribution is 2.17. The molecule has 76 valence electrons. The van der Waals surface area contributed by atoms with E-state index in [1.807, 2.05) is 0 Å². The van der Waals surface area contributed by atoms with Crippen molar-refractivity contribution >= 4 is 0 Å². The van der Waals surface area contributed by atoms with Gasteiger partial charge in [0.15, 0.2) is 0 Å². The lowest BCUT2D eigenvalue weighted by atomic mass is 10.0. The van der Waals surface area contributed by atoms with Gasteiger partial charge in [0, 0.05) is 25.7 Å². The minimum absolute atomic E-state index is 0.421.